The summed E-state index contributed by atoms with van der Waals surface area (Å²) in [4.78, 5) is 43.4. The van der Waals surface area contributed by atoms with E-state index in [1.807, 2.05) is 46.7 Å². The van der Waals surface area contributed by atoms with Crippen LogP contribution >= 0.6 is 0 Å². The monoisotopic (exact) mass is 876 g/mol. The molecule has 17 heteroatoms. The Bertz CT molecular complexity index is 1420. The fourth-order valence-electron chi connectivity index (χ4n) is 9.48. The van der Waals surface area contributed by atoms with Crippen molar-refractivity contribution in [3.63, 3.8) is 0 Å². The van der Waals surface area contributed by atoms with Crippen LogP contribution in [-0.4, -0.2) is 170 Å². The summed E-state index contributed by atoms with van der Waals surface area (Å²) in [6, 6.07) is -0.0548. The predicted octanol–water partition coefficient (Wildman–Crippen LogP) is 3.17. The number of methoxy groups -OCH3 is 2. The van der Waals surface area contributed by atoms with Gasteiger partial charge in [0.05, 0.1) is 42.0 Å². The number of carbonyl (C=O) groups excluding carboxylic acids is 3. The van der Waals surface area contributed by atoms with Crippen molar-refractivity contribution in [2.75, 3.05) is 41.4 Å². The van der Waals surface area contributed by atoms with Gasteiger partial charge in [-0.15, -0.1) is 0 Å². The molecule has 0 radical (unpaired) electrons. The van der Waals surface area contributed by atoms with E-state index < -0.39 is 108 Å². The molecule has 0 aromatic carbocycles. The number of likely N-dealkylation sites (N-methyl/N-ethyl adjacent to an activating group) is 1. The number of Topliss-reactive ketones (excluding diaryl/α,β-unsaturated/α-hetero) is 1. The summed E-state index contributed by atoms with van der Waals surface area (Å²) in [5.74, 6) is -4.66. The molecule has 0 saturated carbocycles. The van der Waals surface area contributed by atoms with Gasteiger partial charge in [-0.1, -0.05) is 41.5 Å². The van der Waals surface area contributed by atoms with E-state index in [9.17, 15) is 29.7 Å². The second-order valence-electron chi connectivity index (χ2n) is 19.0. The number of esters is 1. The van der Waals surface area contributed by atoms with Crippen LogP contribution in [0, 0.1) is 23.7 Å². The fraction of sp³-hybridized carbons (Fsp3) is 0.932. The Kier molecular flexibility index (Phi) is 19.4. The first-order chi connectivity index (χ1) is 28.3. The Morgan fingerprint density at radius 1 is 0.902 bits per heavy atom. The van der Waals surface area contributed by atoms with Crippen molar-refractivity contribution in [1.29, 1.82) is 0 Å². The third kappa shape index (κ3) is 12.8. The zero-order valence-electron chi connectivity index (χ0n) is 39.8. The highest BCUT2D eigenvalue weighted by molar-refractivity contribution is 5.83. The number of alkyl carbamates (subject to hydrolysis) is 1. The van der Waals surface area contributed by atoms with E-state index in [4.69, 9.17) is 37.9 Å². The fourth-order valence-corrected chi connectivity index (χ4v) is 9.48. The highest BCUT2D eigenvalue weighted by atomic mass is 16.7. The van der Waals surface area contributed by atoms with Crippen molar-refractivity contribution < 1.29 is 67.6 Å². The molecule has 3 heterocycles. The van der Waals surface area contributed by atoms with E-state index in [2.05, 4.69) is 10.6 Å². The summed E-state index contributed by atoms with van der Waals surface area (Å²) < 4.78 is 50.7. The summed E-state index contributed by atoms with van der Waals surface area (Å²) in [6.07, 6.45) is -9.74. The maximum atomic E-state index is 14.4. The lowest BCUT2D eigenvalue weighted by Crippen LogP contribution is -2.62. The minimum Gasteiger partial charge on any atom is -0.459 e. The van der Waals surface area contributed by atoms with Crippen LogP contribution in [0.2, 0.25) is 0 Å². The molecule has 3 aliphatic heterocycles. The summed E-state index contributed by atoms with van der Waals surface area (Å²) in [6.45, 7) is 22.0. The van der Waals surface area contributed by atoms with Crippen LogP contribution in [0.5, 0.6) is 0 Å². The molecule has 5 N–H and O–H groups in total. The van der Waals surface area contributed by atoms with Crippen LogP contribution in [0.15, 0.2) is 0 Å². The number of hydrogen-bond acceptors (Lipinski definition) is 16. The molecule has 3 fully saturated rings. The topological polar surface area (TPSA) is 213 Å². The van der Waals surface area contributed by atoms with Gasteiger partial charge in [-0.2, -0.15) is 0 Å². The average molecular weight is 876 g/mol. The summed E-state index contributed by atoms with van der Waals surface area (Å²) in [7, 11) is 6.77. The number of ether oxygens (including phenoxy) is 8. The molecular formula is C44H81N3O14. The molecule has 356 valence electrons. The third-order valence-corrected chi connectivity index (χ3v) is 13.4. The molecule has 0 aromatic rings. The van der Waals surface area contributed by atoms with Crippen LogP contribution in [0.3, 0.4) is 0 Å². The molecule has 61 heavy (non-hydrogen) atoms. The van der Waals surface area contributed by atoms with Gasteiger partial charge >= 0.3 is 12.1 Å². The predicted molar refractivity (Wildman–Crippen MR) is 226 cm³/mol. The molecule has 1 unspecified atom stereocenters. The lowest BCUT2D eigenvalue weighted by molar-refractivity contribution is -0.319. The number of amides is 1. The number of carbonyl (C=O) groups is 3. The van der Waals surface area contributed by atoms with Crippen molar-refractivity contribution in [3.05, 3.63) is 0 Å². The Morgan fingerprint density at radius 2 is 1.51 bits per heavy atom. The average Bonchev–Trinajstić information content (AvgIpc) is 3.19. The molecule has 3 saturated heterocycles. The first-order valence-electron chi connectivity index (χ1n) is 22.2. The number of rotatable bonds is 13. The number of nitrogens with one attached hydrogen (secondary N) is 2. The molecule has 0 aromatic heterocycles. The van der Waals surface area contributed by atoms with E-state index in [0.717, 1.165) is 0 Å². The molecule has 3 aliphatic rings. The van der Waals surface area contributed by atoms with Crippen molar-refractivity contribution in [1.82, 2.24) is 15.5 Å². The maximum absolute atomic E-state index is 14.4. The Hall–Kier alpha value is -2.03. The Morgan fingerprint density at radius 3 is 2.07 bits per heavy atom. The van der Waals surface area contributed by atoms with Crippen molar-refractivity contribution in [2.45, 2.75) is 199 Å². The van der Waals surface area contributed by atoms with Crippen molar-refractivity contribution in [3.8, 4) is 0 Å². The number of aliphatic hydroxyl groups excluding tert-OH is 2. The van der Waals surface area contributed by atoms with E-state index >= 15 is 0 Å². The van der Waals surface area contributed by atoms with Gasteiger partial charge in [0, 0.05) is 63.6 Å². The highest BCUT2D eigenvalue weighted by Crippen LogP contribution is 2.42. The first-order valence-corrected chi connectivity index (χ1v) is 22.2. The van der Waals surface area contributed by atoms with Gasteiger partial charge in [0.25, 0.3) is 0 Å². The standard InChI is InChI=1S/C44H81N3O14/c1-17-31-44(12,53)36(50)26(6)33(48)24(4)21-42(10,54-15)37(60-40-34(49)30(47(13)14)20-25(5)56-40)27(7)35(28(8)39(51)58-31)59-32-22-43(11,55-16)38(29(9)57-32)61-41(52)46-19-18-45-23(2)3/h23-32,34-38,40,45,49-50,53H,17-22H2,1-16H3,(H,46,52)/t24-,25-,26+,27+,28-,29+,30+,31-,32+,34-,35+,36-,37-,38?,40+,42-,43-,44-/m1/s1. The van der Waals surface area contributed by atoms with Gasteiger partial charge in [-0.25, -0.2) is 4.79 Å². The van der Waals surface area contributed by atoms with E-state index in [-0.39, 0.29) is 43.2 Å². The summed E-state index contributed by atoms with van der Waals surface area (Å²) in [5.41, 5.74) is -4.39. The molecular weight excluding hydrogens is 794 g/mol. The third-order valence-electron chi connectivity index (χ3n) is 13.4. The normalized spacial score (nSPS) is 43.5. The van der Waals surface area contributed by atoms with Gasteiger partial charge in [0.15, 0.2) is 18.7 Å². The number of aliphatic hydroxyl groups is 3. The van der Waals surface area contributed by atoms with E-state index in [1.165, 1.54) is 21.1 Å². The molecule has 0 aliphatic carbocycles. The zero-order chi connectivity index (χ0) is 46.4. The minimum absolute atomic E-state index is 0.0765. The second-order valence-corrected chi connectivity index (χ2v) is 19.0. The highest BCUT2D eigenvalue weighted by Gasteiger charge is 2.55. The Balaban J connectivity index is 2.14. The largest absolute Gasteiger partial charge is 0.459 e. The lowest BCUT2D eigenvalue weighted by atomic mass is 9.74. The van der Waals surface area contributed by atoms with Crippen LogP contribution in [0.1, 0.15) is 109 Å². The number of nitrogens with zero attached hydrogens (tertiary/aromatic N) is 1. The zero-order valence-corrected chi connectivity index (χ0v) is 39.8. The molecule has 17 nitrogen and oxygen atoms in total. The number of ketones is 1. The molecule has 0 bridgehead atoms. The van der Waals surface area contributed by atoms with E-state index in [0.29, 0.717) is 19.5 Å². The van der Waals surface area contributed by atoms with Crippen LogP contribution < -0.4 is 10.6 Å². The molecule has 3 rings (SSSR count). The summed E-state index contributed by atoms with van der Waals surface area (Å²) in [5, 5.41) is 41.0. The van der Waals surface area contributed by atoms with Gasteiger partial charge < -0.3 is 68.7 Å². The maximum Gasteiger partial charge on any atom is 0.407 e. The van der Waals surface area contributed by atoms with Crippen LogP contribution in [0.25, 0.3) is 0 Å². The quantitative estimate of drug-likeness (QED) is 0.133. The van der Waals surface area contributed by atoms with Crippen LogP contribution in [-0.2, 0) is 47.5 Å². The molecule has 0 spiro atoms. The molecule has 18 atom stereocenters. The summed E-state index contributed by atoms with van der Waals surface area (Å²) >= 11 is 0. The lowest BCUT2D eigenvalue weighted by Gasteiger charge is -2.50. The SMILES string of the molecule is CC[C@H]1OC(=O)[C@H](C)[C@@H](O[C@H]2C[C@@](C)(OC)C(OC(=O)NCCNC(C)C)[C@H](C)O2)[C@H](C)[C@@H](O[C@@H]2O[C@H](C)C[C@H](N(C)C)[C@H]2O)[C@](C)(OC)C[C@@H](C)C(=O)[C@H](C)[C@@H](O)[C@]1(C)O. The van der Waals surface area contributed by atoms with E-state index in [1.54, 1.807) is 48.5 Å². The number of hydrogen-bond donors (Lipinski definition) is 5. The van der Waals surface area contributed by atoms with Crippen molar-refractivity contribution in [2.24, 2.45) is 23.7 Å². The van der Waals surface area contributed by atoms with Gasteiger partial charge in [0.1, 0.15) is 29.2 Å². The smallest absolute Gasteiger partial charge is 0.407 e. The first kappa shape index (κ1) is 53.3. The van der Waals surface area contributed by atoms with Gasteiger partial charge in [-0.05, 0) is 74.9 Å². The van der Waals surface area contributed by atoms with Gasteiger partial charge in [0.2, 0.25) is 0 Å². The Labute approximate surface area is 364 Å². The van der Waals surface area contributed by atoms with Crippen molar-refractivity contribution >= 4 is 17.8 Å². The minimum atomic E-state index is -2.00. The number of cyclic esters (lactones) is 1. The second kappa shape index (κ2) is 22.2. The molecule has 1 amide bonds. The van der Waals surface area contributed by atoms with Crippen LogP contribution in [0.4, 0.5) is 4.79 Å². The van der Waals surface area contributed by atoms with Gasteiger partial charge in [-0.3, -0.25) is 9.59 Å².